The van der Waals surface area contributed by atoms with E-state index in [-0.39, 0.29) is 11.8 Å². The van der Waals surface area contributed by atoms with E-state index in [9.17, 15) is 9.59 Å². The van der Waals surface area contributed by atoms with Gasteiger partial charge in [0, 0.05) is 17.8 Å². The molecule has 2 N–H and O–H groups in total. The number of anilines is 2. The van der Waals surface area contributed by atoms with E-state index in [0.29, 0.717) is 29.1 Å². The number of methoxy groups -OCH3 is 1. The van der Waals surface area contributed by atoms with E-state index in [0.717, 1.165) is 0 Å². The number of para-hydroxylation sites is 1. The van der Waals surface area contributed by atoms with Gasteiger partial charge in [0.2, 0.25) is 5.91 Å². The molecule has 2 aromatic rings. The number of ether oxygens (including phenoxy) is 1. The van der Waals surface area contributed by atoms with Crippen LogP contribution in [-0.2, 0) is 4.79 Å². The molecule has 0 bridgehead atoms. The predicted molar refractivity (Wildman–Crippen MR) is 86.3 cm³/mol. The molecular weight excluding hydrogens is 280 g/mol. The fraction of sp³-hybridized carbons (Fsp3) is 0.176. The molecule has 22 heavy (non-hydrogen) atoms. The first-order valence-corrected chi connectivity index (χ1v) is 6.98. The highest BCUT2D eigenvalue weighted by molar-refractivity contribution is 6.06. The van der Waals surface area contributed by atoms with Gasteiger partial charge in [0.1, 0.15) is 5.75 Å². The van der Waals surface area contributed by atoms with Gasteiger partial charge in [-0.15, -0.1) is 0 Å². The molecule has 0 heterocycles. The molecule has 2 amide bonds. The molecule has 0 saturated carbocycles. The highest BCUT2D eigenvalue weighted by atomic mass is 16.5. The molecule has 0 unspecified atom stereocenters. The molecule has 0 atom stereocenters. The second-order valence-electron chi connectivity index (χ2n) is 4.64. The molecular formula is C17H18N2O3. The minimum atomic E-state index is -0.267. The van der Waals surface area contributed by atoms with Crippen molar-refractivity contribution in [2.45, 2.75) is 13.3 Å². The van der Waals surface area contributed by atoms with Crippen LogP contribution in [0, 0.1) is 0 Å². The van der Waals surface area contributed by atoms with Crippen molar-refractivity contribution in [1.82, 2.24) is 0 Å². The fourth-order valence-corrected chi connectivity index (χ4v) is 1.95. The van der Waals surface area contributed by atoms with Gasteiger partial charge in [0.25, 0.3) is 5.91 Å². The topological polar surface area (TPSA) is 67.4 Å². The molecule has 0 saturated heterocycles. The van der Waals surface area contributed by atoms with Crippen molar-refractivity contribution in [2.75, 3.05) is 17.7 Å². The lowest BCUT2D eigenvalue weighted by Gasteiger charge is -2.10. The van der Waals surface area contributed by atoms with Crippen molar-refractivity contribution in [3.05, 3.63) is 54.1 Å². The number of hydrogen-bond donors (Lipinski definition) is 2. The third kappa shape index (κ3) is 3.85. The summed E-state index contributed by atoms with van der Waals surface area (Å²) in [6.45, 7) is 1.78. The number of hydrogen-bond acceptors (Lipinski definition) is 3. The minimum Gasteiger partial charge on any atom is -0.496 e. The van der Waals surface area contributed by atoms with Crippen LogP contribution in [0.4, 0.5) is 11.4 Å². The van der Waals surface area contributed by atoms with E-state index in [4.69, 9.17) is 4.74 Å². The van der Waals surface area contributed by atoms with E-state index >= 15 is 0 Å². The van der Waals surface area contributed by atoms with Crippen molar-refractivity contribution in [1.29, 1.82) is 0 Å². The summed E-state index contributed by atoms with van der Waals surface area (Å²) in [5.74, 6) is 0.167. The van der Waals surface area contributed by atoms with Gasteiger partial charge in [-0.25, -0.2) is 0 Å². The SMILES string of the molecule is CCC(=O)Nc1cccc(NC(=O)c2ccccc2OC)c1. The van der Waals surface area contributed by atoms with Crippen molar-refractivity contribution in [2.24, 2.45) is 0 Å². The summed E-state index contributed by atoms with van der Waals surface area (Å²) in [5.41, 5.74) is 1.70. The lowest BCUT2D eigenvalue weighted by atomic mass is 10.2. The Morgan fingerprint density at radius 3 is 2.36 bits per heavy atom. The first-order valence-electron chi connectivity index (χ1n) is 6.98. The van der Waals surface area contributed by atoms with Crippen LogP contribution in [-0.4, -0.2) is 18.9 Å². The maximum atomic E-state index is 12.3. The second kappa shape index (κ2) is 7.26. The number of benzene rings is 2. The maximum Gasteiger partial charge on any atom is 0.259 e. The van der Waals surface area contributed by atoms with Crippen LogP contribution in [0.1, 0.15) is 23.7 Å². The Bertz CT molecular complexity index is 683. The standard InChI is InChI=1S/C17H18N2O3/c1-3-16(20)18-12-7-6-8-13(11-12)19-17(21)14-9-4-5-10-15(14)22-2/h4-11H,3H2,1-2H3,(H,18,20)(H,19,21). The van der Waals surface area contributed by atoms with E-state index in [1.807, 2.05) is 0 Å². The van der Waals surface area contributed by atoms with Crippen molar-refractivity contribution in [3.63, 3.8) is 0 Å². The third-order valence-corrected chi connectivity index (χ3v) is 3.08. The molecule has 0 aliphatic rings. The summed E-state index contributed by atoms with van der Waals surface area (Å²) in [6.07, 6.45) is 0.401. The van der Waals surface area contributed by atoms with Crippen LogP contribution in [0.2, 0.25) is 0 Å². The van der Waals surface area contributed by atoms with Crippen LogP contribution in [0.25, 0.3) is 0 Å². The zero-order valence-electron chi connectivity index (χ0n) is 12.6. The van der Waals surface area contributed by atoms with Gasteiger partial charge in [0.15, 0.2) is 0 Å². The van der Waals surface area contributed by atoms with Crippen LogP contribution >= 0.6 is 0 Å². The van der Waals surface area contributed by atoms with E-state index < -0.39 is 0 Å². The summed E-state index contributed by atoms with van der Waals surface area (Å²) in [6, 6.07) is 14.0. The van der Waals surface area contributed by atoms with E-state index in [1.54, 1.807) is 55.5 Å². The Morgan fingerprint density at radius 1 is 1.00 bits per heavy atom. The third-order valence-electron chi connectivity index (χ3n) is 3.08. The molecule has 2 rings (SSSR count). The second-order valence-corrected chi connectivity index (χ2v) is 4.64. The molecule has 2 aromatic carbocycles. The largest absolute Gasteiger partial charge is 0.496 e. The number of carbonyl (C=O) groups is 2. The van der Waals surface area contributed by atoms with Gasteiger partial charge in [-0.3, -0.25) is 9.59 Å². The average molecular weight is 298 g/mol. The number of carbonyl (C=O) groups excluding carboxylic acids is 2. The van der Waals surface area contributed by atoms with Crippen molar-refractivity contribution < 1.29 is 14.3 Å². The van der Waals surface area contributed by atoms with Gasteiger partial charge in [0.05, 0.1) is 12.7 Å². The Kier molecular flexibility index (Phi) is 5.14. The summed E-state index contributed by atoms with van der Waals surface area (Å²) < 4.78 is 5.18. The first-order chi connectivity index (χ1) is 10.6. The predicted octanol–water partition coefficient (Wildman–Crippen LogP) is 3.30. The summed E-state index contributed by atoms with van der Waals surface area (Å²) in [7, 11) is 1.52. The minimum absolute atomic E-state index is 0.0757. The molecule has 5 heteroatoms. The zero-order chi connectivity index (χ0) is 15.9. The van der Waals surface area contributed by atoms with Gasteiger partial charge in [-0.05, 0) is 30.3 Å². The van der Waals surface area contributed by atoms with E-state index in [1.165, 1.54) is 7.11 Å². The molecule has 0 fully saturated rings. The average Bonchev–Trinajstić information content (AvgIpc) is 2.55. The lowest BCUT2D eigenvalue weighted by molar-refractivity contribution is -0.115. The van der Waals surface area contributed by atoms with Crippen molar-refractivity contribution in [3.8, 4) is 5.75 Å². The molecule has 114 valence electrons. The summed E-state index contributed by atoms with van der Waals surface area (Å²) in [5, 5.41) is 5.55. The zero-order valence-corrected chi connectivity index (χ0v) is 12.6. The highest BCUT2D eigenvalue weighted by Crippen LogP contribution is 2.20. The van der Waals surface area contributed by atoms with Crippen LogP contribution < -0.4 is 15.4 Å². The lowest BCUT2D eigenvalue weighted by Crippen LogP contribution is -2.14. The maximum absolute atomic E-state index is 12.3. The van der Waals surface area contributed by atoms with Crippen LogP contribution in [0.5, 0.6) is 5.75 Å². The first kappa shape index (κ1) is 15.6. The monoisotopic (exact) mass is 298 g/mol. The quantitative estimate of drug-likeness (QED) is 0.890. The number of nitrogens with one attached hydrogen (secondary N) is 2. The number of rotatable bonds is 5. The Balaban J connectivity index is 2.15. The molecule has 0 spiro atoms. The van der Waals surface area contributed by atoms with Gasteiger partial charge < -0.3 is 15.4 Å². The van der Waals surface area contributed by atoms with Crippen LogP contribution in [0.15, 0.2) is 48.5 Å². The molecule has 0 aliphatic heterocycles. The van der Waals surface area contributed by atoms with Gasteiger partial charge >= 0.3 is 0 Å². The van der Waals surface area contributed by atoms with Gasteiger partial charge in [-0.1, -0.05) is 25.1 Å². The van der Waals surface area contributed by atoms with Crippen molar-refractivity contribution >= 4 is 23.2 Å². The van der Waals surface area contributed by atoms with Gasteiger partial charge in [-0.2, -0.15) is 0 Å². The fourth-order valence-electron chi connectivity index (χ4n) is 1.95. The summed E-state index contributed by atoms with van der Waals surface area (Å²) >= 11 is 0. The van der Waals surface area contributed by atoms with Crippen LogP contribution in [0.3, 0.4) is 0 Å². The highest BCUT2D eigenvalue weighted by Gasteiger charge is 2.11. The Morgan fingerprint density at radius 2 is 1.68 bits per heavy atom. The molecule has 5 nitrogen and oxygen atoms in total. The Labute approximate surface area is 129 Å². The number of amides is 2. The smallest absolute Gasteiger partial charge is 0.259 e. The summed E-state index contributed by atoms with van der Waals surface area (Å²) in [4.78, 5) is 23.7. The molecule has 0 aliphatic carbocycles. The normalized spacial score (nSPS) is 9.91. The van der Waals surface area contributed by atoms with E-state index in [2.05, 4.69) is 10.6 Å². The molecule has 0 radical (unpaired) electrons. The Hall–Kier alpha value is -2.82. The molecule has 0 aromatic heterocycles.